The number of hydrogen-bond acceptors (Lipinski definition) is 2. The zero-order chi connectivity index (χ0) is 7.42. The first-order valence-corrected chi connectivity index (χ1v) is 6.00. The van der Waals surface area contributed by atoms with Crippen LogP contribution in [0.1, 0.15) is 0 Å². The van der Waals surface area contributed by atoms with Gasteiger partial charge >= 0.3 is 0 Å². The lowest BCUT2D eigenvalue weighted by Gasteiger charge is -2.15. The van der Waals surface area contributed by atoms with Crippen LogP contribution in [0.2, 0.25) is 0 Å². The van der Waals surface area contributed by atoms with Crippen molar-refractivity contribution in [3.63, 3.8) is 0 Å². The molecule has 0 aromatic heterocycles. The Bertz CT molecular complexity index is 282. The van der Waals surface area contributed by atoms with E-state index < -0.39 is 10.8 Å². The maximum Gasteiger partial charge on any atom is 0.0662 e. The van der Waals surface area contributed by atoms with Gasteiger partial charge in [0.15, 0.2) is 0 Å². The fourth-order valence-electron chi connectivity index (χ4n) is 2.10. The molecule has 1 fully saturated rings. The summed E-state index contributed by atoms with van der Waals surface area (Å²) in [5.41, 5.74) is 0. The number of rotatable bonds is 0. The molecule has 3 heterocycles. The second-order valence-corrected chi connectivity index (χ2v) is 5.98. The van der Waals surface area contributed by atoms with Crippen LogP contribution < -0.4 is 0 Å². The molecule has 0 aromatic carbocycles. The molecule has 1 saturated heterocycles. The van der Waals surface area contributed by atoms with Gasteiger partial charge in [0, 0.05) is 22.0 Å². The Balaban J connectivity index is 2.10. The highest BCUT2D eigenvalue weighted by molar-refractivity contribution is 8.04. The minimum atomic E-state index is -0.593. The summed E-state index contributed by atoms with van der Waals surface area (Å²) >= 11 is 1.85. The van der Waals surface area contributed by atoms with Crippen molar-refractivity contribution in [2.45, 2.75) is 15.7 Å². The molecule has 0 aromatic rings. The minimum Gasteiger partial charge on any atom is -0.258 e. The Hall–Kier alpha value is -0.0200. The van der Waals surface area contributed by atoms with Crippen LogP contribution in [0.3, 0.4) is 0 Å². The maximum absolute atomic E-state index is 11.6. The smallest absolute Gasteiger partial charge is 0.0662 e. The van der Waals surface area contributed by atoms with Gasteiger partial charge in [-0.05, 0) is 5.41 Å². The third kappa shape index (κ3) is 0.662. The normalized spacial score (nSPS) is 57.3. The van der Waals surface area contributed by atoms with Crippen molar-refractivity contribution in [2.75, 3.05) is 0 Å². The Morgan fingerprint density at radius 1 is 1.18 bits per heavy atom. The molecule has 3 rings (SSSR count). The van der Waals surface area contributed by atoms with E-state index in [2.05, 4.69) is 23.6 Å². The summed E-state index contributed by atoms with van der Waals surface area (Å²) in [6.07, 6.45) is 6.50. The molecule has 3 heteroatoms. The van der Waals surface area contributed by atoms with E-state index in [1.165, 1.54) is 0 Å². The van der Waals surface area contributed by atoms with Crippen LogP contribution in [0.25, 0.3) is 0 Å². The number of fused-ring (bicyclic) bond motifs is 5. The zero-order valence-corrected chi connectivity index (χ0v) is 7.48. The average molecular weight is 184 g/mol. The van der Waals surface area contributed by atoms with Crippen molar-refractivity contribution < 1.29 is 4.21 Å². The van der Waals surface area contributed by atoms with Crippen LogP contribution in [0.15, 0.2) is 23.6 Å². The second-order valence-electron chi connectivity index (χ2n) is 3.15. The quantitative estimate of drug-likeness (QED) is 0.528. The van der Waals surface area contributed by atoms with Gasteiger partial charge in [0.1, 0.15) is 0 Å². The molecule has 1 nitrogen and oxygen atoms in total. The monoisotopic (exact) mass is 184 g/mol. The van der Waals surface area contributed by atoms with Crippen molar-refractivity contribution in [2.24, 2.45) is 5.92 Å². The predicted molar refractivity (Wildman–Crippen MR) is 48.9 cm³/mol. The SMILES string of the molecule is O=S1[C@@H]2C=C[C@H]1[C@H]1C=CS[C@H]12. The molecule has 0 N–H and O–H groups in total. The summed E-state index contributed by atoms with van der Waals surface area (Å²) in [4.78, 5) is 0. The number of allylic oxidation sites excluding steroid dienone is 1. The average Bonchev–Trinajstić information content (AvgIpc) is 2.61. The first-order valence-electron chi connectivity index (χ1n) is 3.78. The molecule has 58 valence electrons. The van der Waals surface area contributed by atoms with Crippen molar-refractivity contribution in [3.8, 4) is 0 Å². The highest BCUT2D eigenvalue weighted by atomic mass is 32.2. The van der Waals surface area contributed by atoms with Crippen LogP contribution in [-0.4, -0.2) is 20.0 Å². The van der Waals surface area contributed by atoms with Gasteiger partial charge < -0.3 is 0 Å². The lowest BCUT2D eigenvalue weighted by atomic mass is 9.94. The standard InChI is InChI=1S/C8H8OS2/c9-11-6-1-2-7(11)8-5(6)3-4-10-8/h1-8H/t5-,6+,7-,8-,11?/m1/s1. The molecule has 3 aliphatic heterocycles. The van der Waals surface area contributed by atoms with Crippen LogP contribution >= 0.6 is 11.8 Å². The third-order valence-corrected chi connectivity index (χ3v) is 6.05. The van der Waals surface area contributed by atoms with Gasteiger partial charge in [-0.15, -0.1) is 11.8 Å². The Morgan fingerprint density at radius 2 is 2.00 bits per heavy atom. The van der Waals surface area contributed by atoms with E-state index in [4.69, 9.17) is 0 Å². The second kappa shape index (κ2) is 2.02. The van der Waals surface area contributed by atoms with E-state index in [0.717, 1.165) is 0 Å². The molecule has 0 saturated carbocycles. The molecular weight excluding hydrogens is 176 g/mol. The maximum atomic E-state index is 11.6. The van der Waals surface area contributed by atoms with Gasteiger partial charge in [0.2, 0.25) is 0 Å². The van der Waals surface area contributed by atoms with Crippen molar-refractivity contribution in [1.29, 1.82) is 0 Å². The van der Waals surface area contributed by atoms with E-state index in [1.807, 2.05) is 11.8 Å². The molecule has 0 spiro atoms. The molecule has 0 aliphatic carbocycles. The van der Waals surface area contributed by atoms with E-state index >= 15 is 0 Å². The molecular formula is C8H8OS2. The molecule has 1 unspecified atom stereocenters. The molecule has 5 atom stereocenters. The third-order valence-electron chi connectivity index (χ3n) is 2.65. The van der Waals surface area contributed by atoms with E-state index in [-0.39, 0.29) is 0 Å². The Kier molecular flexibility index (Phi) is 1.19. The van der Waals surface area contributed by atoms with Crippen molar-refractivity contribution >= 4 is 22.6 Å². The van der Waals surface area contributed by atoms with E-state index in [9.17, 15) is 4.21 Å². The lowest BCUT2D eigenvalue weighted by molar-refractivity contribution is 0.665. The Morgan fingerprint density at radius 3 is 2.82 bits per heavy atom. The summed E-state index contributed by atoms with van der Waals surface area (Å²) < 4.78 is 11.6. The van der Waals surface area contributed by atoms with Gasteiger partial charge in [-0.25, -0.2) is 0 Å². The first-order chi connectivity index (χ1) is 5.38. The fraction of sp³-hybridized carbons (Fsp3) is 0.500. The largest absolute Gasteiger partial charge is 0.258 e. The predicted octanol–water partition coefficient (Wildman–Crippen LogP) is 1.30. The van der Waals surface area contributed by atoms with Crippen LogP contribution in [-0.2, 0) is 10.8 Å². The summed E-state index contributed by atoms with van der Waals surface area (Å²) in [6, 6.07) is 0. The Labute approximate surface area is 72.4 Å². The number of hydrogen-bond donors (Lipinski definition) is 0. The molecule has 0 amide bonds. The highest BCUT2D eigenvalue weighted by Gasteiger charge is 2.50. The van der Waals surface area contributed by atoms with Crippen LogP contribution in [0.5, 0.6) is 0 Å². The summed E-state index contributed by atoms with van der Waals surface area (Å²) in [5, 5.41) is 3.46. The van der Waals surface area contributed by atoms with Crippen LogP contribution in [0, 0.1) is 5.92 Å². The first kappa shape index (κ1) is 6.49. The van der Waals surface area contributed by atoms with E-state index in [1.54, 1.807) is 0 Å². The van der Waals surface area contributed by atoms with Gasteiger partial charge in [0.25, 0.3) is 0 Å². The van der Waals surface area contributed by atoms with Gasteiger partial charge in [-0.3, -0.25) is 4.21 Å². The van der Waals surface area contributed by atoms with Crippen LogP contribution in [0.4, 0.5) is 0 Å². The van der Waals surface area contributed by atoms with Crippen molar-refractivity contribution in [3.05, 3.63) is 23.6 Å². The van der Waals surface area contributed by atoms with Gasteiger partial charge in [-0.2, -0.15) is 0 Å². The minimum absolute atomic E-state index is 0.344. The molecule has 2 bridgehead atoms. The summed E-state index contributed by atoms with van der Waals surface area (Å²) in [6.45, 7) is 0. The molecule has 3 aliphatic rings. The summed E-state index contributed by atoms with van der Waals surface area (Å²) in [5.74, 6) is 0.579. The molecule has 11 heavy (non-hydrogen) atoms. The topological polar surface area (TPSA) is 17.1 Å². The van der Waals surface area contributed by atoms with E-state index in [0.29, 0.717) is 21.7 Å². The fourth-order valence-corrected chi connectivity index (χ4v) is 5.73. The van der Waals surface area contributed by atoms with Gasteiger partial charge in [-0.1, -0.05) is 18.2 Å². The summed E-state index contributed by atoms with van der Waals surface area (Å²) in [7, 11) is -0.593. The number of thioether (sulfide) groups is 1. The highest BCUT2D eigenvalue weighted by Crippen LogP contribution is 2.48. The van der Waals surface area contributed by atoms with Gasteiger partial charge in [0.05, 0.1) is 10.5 Å². The molecule has 0 radical (unpaired) electrons. The lowest BCUT2D eigenvalue weighted by Crippen LogP contribution is -2.21. The zero-order valence-electron chi connectivity index (χ0n) is 5.84. The van der Waals surface area contributed by atoms with Crippen molar-refractivity contribution in [1.82, 2.24) is 0 Å².